The molecule has 5 nitrogen and oxygen atoms in total. The third-order valence-corrected chi connectivity index (χ3v) is 3.24. The van der Waals surface area contributed by atoms with E-state index >= 15 is 0 Å². The van der Waals surface area contributed by atoms with Gasteiger partial charge in [-0.3, -0.25) is 0 Å². The summed E-state index contributed by atoms with van der Waals surface area (Å²) < 4.78 is 10.7. The van der Waals surface area contributed by atoms with Gasteiger partial charge in [-0.05, 0) is 30.2 Å². The minimum atomic E-state index is -0.0351. The molecule has 3 rings (SSSR count). The number of carbonyl (C=O) groups is 1. The van der Waals surface area contributed by atoms with Crippen LogP contribution in [-0.2, 0) is 0 Å². The zero-order chi connectivity index (χ0) is 12.0. The molecule has 0 aliphatic carbocycles. The van der Waals surface area contributed by atoms with Crippen molar-refractivity contribution in [1.29, 1.82) is 0 Å². The van der Waals surface area contributed by atoms with Gasteiger partial charge < -0.3 is 19.7 Å². The molecule has 1 unspecified atom stereocenters. The van der Waals surface area contributed by atoms with Crippen molar-refractivity contribution in [1.82, 2.24) is 10.2 Å². The molecule has 1 saturated heterocycles. The van der Waals surface area contributed by atoms with Gasteiger partial charge in [-0.1, -0.05) is 0 Å². The number of hydrogen-bond donors (Lipinski definition) is 1. The Hall–Kier alpha value is -1.91. The zero-order valence-corrected chi connectivity index (χ0v) is 9.82. The predicted molar refractivity (Wildman–Crippen MR) is 61.2 cm³/mol. The molecule has 0 bridgehead atoms. The van der Waals surface area contributed by atoms with Crippen LogP contribution >= 0.6 is 0 Å². The van der Waals surface area contributed by atoms with Gasteiger partial charge in [0, 0.05) is 13.6 Å². The van der Waals surface area contributed by atoms with Crippen LogP contribution in [-0.4, -0.2) is 31.3 Å². The third-order valence-electron chi connectivity index (χ3n) is 3.24. The highest BCUT2D eigenvalue weighted by Gasteiger charge is 2.29. The maximum absolute atomic E-state index is 11.5. The van der Waals surface area contributed by atoms with Crippen LogP contribution in [0, 0.1) is 6.92 Å². The highest BCUT2D eigenvalue weighted by atomic mass is 16.7. The maximum Gasteiger partial charge on any atom is 0.317 e. The molecule has 1 fully saturated rings. The molecule has 1 aromatic rings. The molecule has 2 amide bonds. The fourth-order valence-corrected chi connectivity index (χ4v) is 2.27. The highest BCUT2D eigenvalue weighted by molar-refractivity contribution is 5.77. The van der Waals surface area contributed by atoms with Crippen molar-refractivity contribution in [2.24, 2.45) is 0 Å². The standard InChI is InChI=1S/C12H14N2O3/c1-7-3-10-11(17-6-16-10)4-8(7)9-5-14(2)12(15)13-9/h3-4,9H,5-6H2,1-2H3,(H,13,15). The summed E-state index contributed by atoms with van der Waals surface area (Å²) in [5.41, 5.74) is 2.20. The van der Waals surface area contributed by atoms with Crippen molar-refractivity contribution < 1.29 is 14.3 Å². The molecule has 2 heterocycles. The fraction of sp³-hybridized carbons (Fsp3) is 0.417. The van der Waals surface area contributed by atoms with Gasteiger partial charge in [-0.2, -0.15) is 0 Å². The zero-order valence-electron chi connectivity index (χ0n) is 9.82. The van der Waals surface area contributed by atoms with Gasteiger partial charge in [0.15, 0.2) is 11.5 Å². The van der Waals surface area contributed by atoms with Gasteiger partial charge in [0.05, 0.1) is 6.04 Å². The van der Waals surface area contributed by atoms with Crippen molar-refractivity contribution in [3.05, 3.63) is 23.3 Å². The van der Waals surface area contributed by atoms with E-state index in [0.29, 0.717) is 6.54 Å². The van der Waals surface area contributed by atoms with Gasteiger partial charge >= 0.3 is 6.03 Å². The quantitative estimate of drug-likeness (QED) is 0.799. The number of fused-ring (bicyclic) bond motifs is 1. The van der Waals surface area contributed by atoms with Crippen LogP contribution in [0.25, 0.3) is 0 Å². The van der Waals surface area contributed by atoms with E-state index in [0.717, 1.165) is 22.6 Å². The summed E-state index contributed by atoms with van der Waals surface area (Å²) in [6.07, 6.45) is 0. The third kappa shape index (κ3) is 1.58. The first-order valence-corrected chi connectivity index (χ1v) is 5.57. The second-order valence-electron chi connectivity index (χ2n) is 4.44. The number of carbonyl (C=O) groups excluding carboxylic acids is 1. The molecule has 0 spiro atoms. The summed E-state index contributed by atoms with van der Waals surface area (Å²) in [4.78, 5) is 13.1. The van der Waals surface area contributed by atoms with Crippen LogP contribution in [0.5, 0.6) is 11.5 Å². The number of nitrogens with one attached hydrogen (secondary N) is 1. The van der Waals surface area contributed by atoms with E-state index in [4.69, 9.17) is 9.47 Å². The first-order valence-electron chi connectivity index (χ1n) is 5.57. The number of amides is 2. The van der Waals surface area contributed by atoms with Gasteiger partial charge in [0.25, 0.3) is 0 Å². The summed E-state index contributed by atoms with van der Waals surface area (Å²) in [7, 11) is 1.79. The minimum absolute atomic E-state index is 0.0296. The Morgan fingerprint density at radius 1 is 1.35 bits per heavy atom. The Labute approximate surface area is 99.3 Å². The topological polar surface area (TPSA) is 50.8 Å². The van der Waals surface area contributed by atoms with Gasteiger partial charge in [0.1, 0.15) is 0 Å². The lowest BCUT2D eigenvalue weighted by Crippen LogP contribution is -2.24. The van der Waals surface area contributed by atoms with Crippen LogP contribution in [0.15, 0.2) is 12.1 Å². The smallest absolute Gasteiger partial charge is 0.317 e. The molecule has 17 heavy (non-hydrogen) atoms. The lowest BCUT2D eigenvalue weighted by atomic mass is 10.0. The number of likely N-dealkylation sites (N-methyl/N-ethyl adjacent to an activating group) is 1. The molecule has 5 heteroatoms. The molecule has 1 atom stereocenters. The molecule has 0 saturated carbocycles. The molecule has 1 N–H and O–H groups in total. The minimum Gasteiger partial charge on any atom is -0.454 e. The second kappa shape index (κ2) is 3.55. The Kier molecular flexibility index (Phi) is 2.14. The van der Waals surface area contributed by atoms with E-state index in [2.05, 4.69) is 5.32 Å². The lowest BCUT2D eigenvalue weighted by molar-refractivity contribution is 0.174. The van der Waals surface area contributed by atoms with Crippen LogP contribution in [0.2, 0.25) is 0 Å². The van der Waals surface area contributed by atoms with Gasteiger partial charge in [-0.15, -0.1) is 0 Å². The van der Waals surface area contributed by atoms with E-state index in [1.54, 1.807) is 11.9 Å². The number of benzene rings is 1. The molecule has 1 aromatic carbocycles. The summed E-state index contributed by atoms with van der Waals surface area (Å²) in [5.74, 6) is 1.54. The molecular formula is C12H14N2O3. The van der Waals surface area contributed by atoms with Gasteiger partial charge in [0.2, 0.25) is 6.79 Å². The van der Waals surface area contributed by atoms with Crippen molar-refractivity contribution in [3.8, 4) is 11.5 Å². The van der Waals surface area contributed by atoms with E-state index in [9.17, 15) is 4.79 Å². The van der Waals surface area contributed by atoms with E-state index in [1.807, 2.05) is 19.1 Å². The number of hydrogen-bond acceptors (Lipinski definition) is 3. The van der Waals surface area contributed by atoms with Crippen molar-refractivity contribution >= 4 is 6.03 Å². The number of aryl methyl sites for hydroxylation is 1. The average Bonchev–Trinajstić information content (AvgIpc) is 2.85. The first-order chi connectivity index (χ1) is 8.15. The van der Waals surface area contributed by atoms with E-state index < -0.39 is 0 Å². The number of ether oxygens (including phenoxy) is 2. The van der Waals surface area contributed by atoms with Crippen molar-refractivity contribution in [2.45, 2.75) is 13.0 Å². The second-order valence-corrected chi connectivity index (χ2v) is 4.44. The summed E-state index contributed by atoms with van der Waals surface area (Å²) in [6, 6.07) is 3.92. The van der Waals surface area contributed by atoms with Crippen LogP contribution in [0.1, 0.15) is 17.2 Å². The number of urea groups is 1. The number of rotatable bonds is 1. The molecular weight excluding hydrogens is 220 g/mol. The predicted octanol–water partition coefficient (Wildman–Crippen LogP) is 1.42. The molecule has 0 radical (unpaired) electrons. The summed E-state index contributed by atoms with van der Waals surface area (Å²) >= 11 is 0. The van der Waals surface area contributed by atoms with Crippen molar-refractivity contribution in [3.63, 3.8) is 0 Å². The Morgan fingerprint density at radius 3 is 2.71 bits per heavy atom. The molecule has 2 aliphatic rings. The molecule has 2 aliphatic heterocycles. The number of nitrogens with zero attached hydrogens (tertiary/aromatic N) is 1. The fourth-order valence-electron chi connectivity index (χ4n) is 2.27. The Balaban J connectivity index is 1.96. The molecule has 0 aromatic heterocycles. The van der Waals surface area contributed by atoms with Crippen LogP contribution < -0.4 is 14.8 Å². The normalized spacial score (nSPS) is 21.9. The summed E-state index contributed by atoms with van der Waals surface area (Å²) in [5, 5.41) is 2.94. The Morgan fingerprint density at radius 2 is 2.06 bits per heavy atom. The van der Waals surface area contributed by atoms with E-state index in [1.165, 1.54) is 0 Å². The largest absolute Gasteiger partial charge is 0.454 e. The van der Waals surface area contributed by atoms with Gasteiger partial charge in [-0.25, -0.2) is 4.79 Å². The first kappa shape index (κ1) is 10.3. The van der Waals surface area contributed by atoms with Crippen LogP contribution in [0.3, 0.4) is 0 Å². The lowest BCUT2D eigenvalue weighted by Gasteiger charge is -2.13. The maximum atomic E-state index is 11.5. The Bertz CT molecular complexity index is 487. The summed E-state index contributed by atoms with van der Waals surface area (Å²) in [6.45, 7) is 2.97. The highest BCUT2D eigenvalue weighted by Crippen LogP contribution is 2.37. The monoisotopic (exact) mass is 234 g/mol. The van der Waals surface area contributed by atoms with Crippen LogP contribution in [0.4, 0.5) is 4.79 Å². The average molecular weight is 234 g/mol. The SMILES string of the molecule is Cc1cc2c(cc1C1CN(C)C(=O)N1)OCO2. The van der Waals surface area contributed by atoms with E-state index in [-0.39, 0.29) is 18.9 Å². The molecule has 90 valence electrons. The van der Waals surface area contributed by atoms with Crippen molar-refractivity contribution in [2.75, 3.05) is 20.4 Å².